The number of esters is 2. The molecule has 2 aliphatic rings. The second-order valence-corrected chi connectivity index (χ2v) is 8.98. The van der Waals surface area contributed by atoms with E-state index in [4.69, 9.17) is 9.47 Å². The predicted molar refractivity (Wildman–Crippen MR) is 130 cm³/mol. The summed E-state index contributed by atoms with van der Waals surface area (Å²) in [5.41, 5.74) is -1.34. The summed E-state index contributed by atoms with van der Waals surface area (Å²) in [7, 11) is 0. The van der Waals surface area contributed by atoms with Crippen molar-refractivity contribution in [3.8, 4) is 0 Å². The Hall–Kier alpha value is -3.70. The molecule has 2 saturated carbocycles. The molecule has 12 nitrogen and oxygen atoms in total. The molecular weight excluding hydrogens is 504 g/mol. The summed E-state index contributed by atoms with van der Waals surface area (Å²) in [5.74, 6) is -6.91. The highest BCUT2D eigenvalue weighted by molar-refractivity contribution is 5.85. The number of hydrogen-bond donors (Lipinski definition) is 2. The van der Waals surface area contributed by atoms with E-state index in [1.165, 1.54) is 0 Å². The highest BCUT2D eigenvalue weighted by Crippen LogP contribution is 2.44. The van der Waals surface area contributed by atoms with Crippen LogP contribution in [0.1, 0.15) is 64.7 Å². The Labute approximate surface area is 220 Å². The smallest absolute Gasteiger partial charge is 0.378 e. The molecule has 0 aromatic heterocycles. The molecule has 4 atom stereocenters. The lowest BCUT2D eigenvalue weighted by Gasteiger charge is -2.38. The first-order valence-electron chi connectivity index (χ1n) is 12.5. The number of hydrogen-bond acceptors (Lipinski definition) is 10. The summed E-state index contributed by atoms with van der Waals surface area (Å²) in [6, 6.07) is 0. The van der Waals surface area contributed by atoms with E-state index in [-0.39, 0.29) is 19.6 Å². The van der Waals surface area contributed by atoms with Crippen LogP contribution in [0, 0.1) is 23.2 Å². The van der Waals surface area contributed by atoms with Crippen LogP contribution in [0.3, 0.4) is 0 Å². The molecule has 0 spiro atoms. The lowest BCUT2D eigenvalue weighted by molar-refractivity contribution is -0.260. The van der Waals surface area contributed by atoms with Crippen LogP contribution in [0.25, 0.3) is 0 Å². The number of carbonyl (C=O) groups excluding carboxylic acids is 4. The molecule has 0 amide bonds. The molecule has 2 aliphatic carbocycles. The molecule has 2 rings (SSSR count). The Balaban J connectivity index is 0.000000380. The van der Waals surface area contributed by atoms with Crippen LogP contribution in [-0.4, -0.2) is 59.2 Å². The van der Waals surface area contributed by atoms with Gasteiger partial charge in [-0.25, -0.2) is 24.2 Å². The van der Waals surface area contributed by atoms with E-state index >= 15 is 0 Å². The fourth-order valence-electron chi connectivity index (χ4n) is 4.78. The Morgan fingerprint density at radius 2 is 1.39 bits per heavy atom. The fourth-order valence-corrected chi connectivity index (χ4v) is 4.78. The Morgan fingerprint density at radius 3 is 1.92 bits per heavy atom. The van der Waals surface area contributed by atoms with E-state index < -0.39 is 59.0 Å². The number of carbonyl (C=O) groups is 6. The third-order valence-corrected chi connectivity index (χ3v) is 6.75. The van der Waals surface area contributed by atoms with Crippen LogP contribution < -0.4 is 0 Å². The molecule has 0 bridgehead atoms. The van der Waals surface area contributed by atoms with Gasteiger partial charge in [-0.1, -0.05) is 38.8 Å². The van der Waals surface area contributed by atoms with Crippen molar-refractivity contribution in [2.45, 2.75) is 64.7 Å². The minimum atomic E-state index is -1.34. The van der Waals surface area contributed by atoms with Crippen LogP contribution in [0.2, 0.25) is 0 Å². The summed E-state index contributed by atoms with van der Waals surface area (Å²) in [4.78, 5) is 76.7. The zero-order chi connectivity index (χ0) is 28.7. The molecule has 0 aromatic rings. The molecule has 212 valence electrons. The predicted octanol–water partition coefficient (Wildman–Crippen LogP) is 2.99. The second kappa shape index (κ2) is 16.2. The third-order valence-electron chi connectivity index (χ3n) is 6.75. The van der Waals surface area contributed by atoms with Crippen molar-refractivity contribution in [1.29, 1.82) is 0 Å². The molecule has 12 heteroatoms. The molecular formula is C26H36O12. The quantitative estimate of drug-likeness (QED) is 0.179. The maximum Gasteiger partial charge on any atom is 0.378 e. The van der Waals surface area contributed by atoms with Crippen LogP contribution in [0.4, 0.5) is 0 Å². The summed E-state index contributed by atoms with van der Waals surface area (Å²) in [6.07, 6.45) is 6.69. The first-order chi connectivity index (χ1) is 18.0. The van der Waals surface area contributed by atoms with E-state index in [1.807, 2.05) is 0 Å². The topological polar surface area (TPSA) is 180 Å². The van der Waals surface area contributed by atoms with Gasteiger partial charge >= 0.3 is 35.8 Å². The third kappa shape index (κ3) is 9.31. The minimum absolute atomic E-state index is 0.0128. The van der Waals surface area contributed by atoms with Crippen LogP contribution >= 0.6 is 0 Å². The van der Waals surface area contributed by atoms with E-state index in [0.717, 1.165) is 25.0 Å². The molecule has 0 heterocycles. The van der Waals surface area contributed by atoms with Gasteiger partial charge in [0, 0.05) is 12.2 Å². The fraction of sp³-hybridized carbons (Fsp3) is 0.615. The lowest BCUT2D eigenvalue weighted by atomic mass is 9.64. The van der Waals surface area contributed by atoms with Crippen LogP contribution in [0.15, 0.2) is 25.3 Å². The average Bonchev–Trinajstić information content (AvgIpc) is 2.91. The van der Waals surface area contributed by atoms with Crippen molar-refractivity contribution in [2.24, 2.45) is 23.2 Å². The van der Waals surface area contributed by atoms with E-state index in [2.05, 4.69) is 22.9 Å². The van der Waals surface area contributed by atoms with Crippen molar-refractivity contribution < 1.29 is 58.2 Å². The number of rotatable bonds is 10. The van der Waals surface area contributed by atoms with Gasteiger partial charge in [0.2, 0.25) is 0 Å². The van der Waals surface area contributed by atoms with E-state index in [9.17, 15) is 39.0 Å². The number of aliphatic carboxylic acids is 2. The SMILES string of the molecule is C=CC(=O)OCCC1(C(=O)O)CCCCC1C(=O)O.C=CC(=O)OOC(=O)C1CCCCC1C(=O)OCC. The normalized spacial score (nSPS) is 24.3. The highest BCUT2D eigenvalue weighted by Gasteiger charge is 2.50. The lowest BCUT2D eigenvalue weighted by Crippen LogP contribution is -2.45. The second-order valence-electron chi connectivity index (χ2n) is 8.98. The van der Waals surface area contributed by atoms with Gasteiger partial charge in [-0.2, -0.15) is 0 Å². The van der Waals surface area contributed by atoms with Crippen molar-refractivity contribution >= 4 is 35.8 Å². The molecule has 0 radical (unpaired) electrons. The van der Waals surface area contributed by atoms with E-state index in [1.54, 1.807) is 6.92 Å². The maximum absolute atomic E-state index is 11.8. The standard InChI is InChI=1S/2C13H18O6/c1-3-11(14)18-19-13(16)10-8-6-5-7-9(10)12(15)17-4-2;1-2-10(14)19-8-7-13(12(17)18)6-4-3-5-9(13)11(15)16/h3,9-10H,1,4-8H2,2H3;2,9H,1,3-8H2,(H,15,16)(H,17,18). The molecule has 2 N–H and O–H groups in total. The van der Waals surface area contributed by atoms with Gasteiger partial charge in [-0.3, -0.25) is 14.4 Å². The van der Waals surface area contributed by atoms with E-state index in [0.29, 0.717) is 38.5 Å². The van der Waals surface area contributed by atoms with Gasteiger partial charge in [-0.05, 0) is 39.0 Å². The van der Waals surface area contributed by atoms with Gasteiger partial charge in [0.1, 0.15) is 0 Å². The Bertz CT molecular complexity index is 895. The summed E-state index contributed by atoms with van der Waals surface area (Å²) < 4.78 is 9.72. The summed E-state index contributed by atoms with van der Waals surface area (Å²) in [5, 5.41) is 18.6. The Morgan fingerprint density at radius 1 is 0.816 bits per heavy atom. The van der Waals surface area contributed by atoms with Gasteiger partial charge in [-0.15, -0.1) is 0 Å². The average molecular weight is 541 g/mol. The van der Waals surface area contributed by atoms with Crippen molar-refractivity contribution in [3.05, 3.63) is 25.3 Å². The summed E-state index contributed by atoms with van der Waals surface area (Å²) in [6.45, 7) is 8.28. The molecule has 0 aromatic carbocycles. The zero-order valence-corrected chi connectivity index (χ0v) is 21.6. The monoisotopic (exact) mass is 540 g/mol. The molecule has 0 aliphatic heterocycles. The molecule has 0 saturated heterocycles. The van der Waals surface area contributed by atoms with Crippen LogP contribution in [-0.2, 0) is 48.0 Å². The zero-order valence-electron chi connectivity index (χ0n) is 21.6. The molecule has 4 unspecified atom stereocenters. The number of carboxylic acid groups (broad SMARTS) is 2. The first kappa shape index (κ1) is 32.3. The molecule has 38 heavy (non-hydrogen) atoms. The number of carboxylic acids is 2. The van der Waals surface area contributed by atoms with Gasteiger partial charge in [0.25, 0.3) is 0 Å². The van der Waals surface area contributed by atoms with Gasteiger partial charge < -0.3 is 19.7 Å². The van der Waals surface area contributed by atoms with Crippen molar-refractivity contribution in [2.75, 3.05) is 13.2 Å². The van der Waals surface area contributed by atoms with Crippen molar-refractivity contribution in [3.63, 3.8) is 0 Å². The van der Waals surface area contributed by atoms with Gasteiger partial charge in [0.15, 0.2) is 0 Å². The Kier molecular flexibility index (Phi) is 13.8. The number of ether oxygens (including phenoxy) is 2. The van der Waals surface area contributed by atoms with Crippen LogP contribution in [0.5, 0.6) is 0 Å². The summed E-state index contributed by atoms with van der Waals surface area (Å²) >= 11 is 0. The minimum Gasteiger partial charge on any atom is -0.481 e. The largest absolute Gasteiger partial charge is 0.481 e. The first-order valence-corrected chi connectivity index (χ1v) is 12.5. The van der Waals surface area contributed by atoms with Crippen molar-refractivity contribution in [1.82, 2.24) is 0 Å². The molecule has 2 fully saturated rings. The maximum atomic E-state index is 11.8. The van der Waals surface area contributed by atoms with Gasteiger partial charge in [0.05, 0.1) is 36.4 Å². The highest BCUT2D eigenvalue weighted by atomic mass is 17.2.